The fourth-order valence-corrected chi connectivity index (χ4v) is 2.83. The number of H-pyrrole nitrogens is 1. The number of fused-ring (bicyclic) bond motifs is 3. The molecule has 0 saturated carbocycles. The molecule has 5 nitrogen and oxygen atoms in total. The maximum Gasteiger partial charge on any atom is 0.224 e. The minimum atomic E-state index is 0.202. The summed E-state index contributed by atoms with van der Waals surface area (Å²) in [6.07, 6.45) is 0. The third-order valence-electron chi connectivity index (χ3n) is 3.48. The first-order valence-electron chi connectivity index (χ1n) is 6.78. The molecule has 0 bridgehead atoms. The van der Waals surface area contributed by atoms with Crippen LogP contribution < -0.4 is 11.1 Å². The molecule has 0 spiro atoms. The van der Waals surface area contributed by atoms with Crippen molar-refractivity contribution in [3.63, 3.8) is 0 Å². The van der Waals surface area contributed by atoms with Crippen LogP contribution in [0.5, 0.6) is 0 Å². The second kappa shape index (κ2) is 4.89. The van der Waals surface area contributed by atoms with E-state index in [1.807, 2.05) is 48.5 Å². The first kappa shape index (κ1) is 12.9. The van der Waals surface area contributed by atoms with Crippen molar-refractivity contribution in [1.29, 1.82) is 0 Å². The molecule has 0 saturated heterocycles. The zero-order valence-electron chi connectivity index (χ0n) is 11.5. The zero-order valence-corrected chi connectivity index (χ0v) is 12.2. The number of para-hydroxylation sites is 1. The molecule has 0 fully saturated rings. The van der Waals surface area contributed by atoms with Crippen LogP contribution in [0.2, 0.25) is 5.02 Å². The van der Waals surface area contributed by atoms with Gasteiger partial charge in [-0.2, -0.15) is 9.97 Å². The highest BCUT2D eigenvalue weighted by molar-refractivity contribution is 6.38. The second-order valence-electron chi connectivity index (χ2n) is 4.93. The number of nitrogens with two attached hydrogens (primary N) is 1. The van der Waals surface area contributed by atoms with E-state index in [2.05, 4.69) is 20.3 Å². The highest BCUT2D eigenvalue weighted by atomic mass is 35.5. The van der Waals surface area contributed by atoms with E-state index in [0.717, 1.165) is 22.0 Å². The molecule has 22 heavy (non-hydrogen) atoms. The Morgan fingerprint density at radius 1 is 0.955 bits per heavy atom. The summed E-state index contributed by atoms with van der Waals surface area (Å²) in [6.45, 7) is 0. The molecule has 108 valence electrons. The van der Waals surface area contributed by atoms with Gasteiger partial charge < -0.3 is 16.0 Å². The molecule has 4 N–H and O–H groups in total. The van der Waals surface area contributed by atoms with E-state index in [4.69, 9.17) is 17.3 Å². The highest BCUT2D eigenvalue weighted by Crippen LogP contribution is 2.35. The van der Waals surface area contributed by atoms with E-state index >= 15 is 0 Å². The van der Waals surface area contributed by atoms with Crippen LogP contribution in [-0.2, 0) is 0 Å². The molecule has 6 heteroatoms. The number of benzene rings is 2. The Labute approximate surface area is 131 Å². The topological polar surface area (TPSA) is 79.6 Å². The minimum absolute atomic E-state index is 0.202. The van der Waals surface area contributed by atoms with Gasteiger partial charge in [0.05, 0.1) is 10.4 Å². The number of aromatic nitrogens is 3. The van der Waals surface area contributed by atoms with Gasteiger partial charge in [0.2, 0.25) is 5.95 Å². The SMILES string of the molecule is Nc1nc(Nc2ccccc2)c2c(n1)[nH]c1cccc(Cl)c12. The summed E-state index contributed by atoms with van der Waals surface area (Å²) in [7, 11) is 0. The van der Waals surface area contributed by atoms with Gasteiger partial charge >= 0.3 is 0 Å². The number of hydrogen-bond acceptors (Lipinski definition) is 4. The Hall–Kier alpha value is -2.79. The largest absolute Gasteiger partial charge is 0.368 e. The van der Waals surface area contributed by atoms with Crippen molar-refractivity contribution < 1.29 is 0 Å². The monoisotopic (exact) mass is 309 g/mol. The fraction of sp³-hybridized carbons (Fsp3) is 0. The van der Waals surface area contributed by atoms with Gasteiger partial charge in [-0.3, -0.25) is 0 Å². The minimum Gasteiger partial charge on any atom is -0.368 e. The number of anilines is 3. The predicted octanol–water partition coefficient (Wildman–Crippen LogP) is 4.09. The van der Waals surface area contributed by atoms with Crippen LogP contribution in [0.1, 0.15) is 0 Å². The Morgan fingerprint density at radius 2 is 1.77 bits per heavy atom. The lowest BCUT2D eigenvalue weighted by atomic mass is 10.2. The van der Waals surface area contributed by atoms with Crippen molar-refractivity contribution in [3.8, 4) is 0 Å². The van der Waals surface area contributed by atoms with Crippen molar-refractivity contribution in [2.75, 3.05) is 11.1 Å². The van der Waals surface area contributed by atoms with E-state index in [1.165, 1.54) is 0 Å². The summed E-state index contributed by atoms with van der Waals surface area (Å²) in [5.74, 6) is 0.835. The maximum absolute atomic E-state index is 6.36. The molecule has 0 aliphatic carbocycles. The zero-order chi connectivity index (χ0) is 15.1. The number of halogens is 1. The third-order valence-corrected chi connectivity index (χ3v) is 3.79. The molecule has 2 heterocycles. The molecule has 0 unspecified atom stereocenters. The van der Waals surface area contributed by atoms with Crippen LogP contribution in [0, 0.1) is 0 Å². The second-order valence-corrected chi connectivity index (χ2v) is 5.34. The average molecular weight is 310 g/mol. The van der Waals surface area contributed by atoms with Gasteiger partial charge in [-0.05, 0) is 24.3 Å². The molecule has 0 aliphatic rings. The molecular formula is C16H12ClN5. The molecule has 0 atom stereocenters. The highest BCUT2D eigenvalue weighted by Gasteiger charge is 2.15. The fourth-order valence-electron chi connectivity index (χ4n) is 2.56. The van der Waals surface area contributed by atoms with Crippen molar-refractivity contribution >= 4 is 51.0 Å². The average Bonchev–Trinajstić information content (AvgIpc) is 2.87. The Morgan fingerprint density at radius 3 is 2.59 bits per heavy atom. The van der Waals surface area contributed by atoms with Crippen LogP contribution in [0.3, 0.4) is 0 Å². The molecule has 2 aromatic carbocycles. The molecule has 0 amide bonds. The molecular weight excluding hydrogens is 298 g/mol. The molecule has 4 rings (SSSR count). The lowest BCUT2D eigenvalue weighted by Crippen LogP contribution is -2.00. The Balaban J connectivity index is 2.02. The lowest BCUT2D eigenvalue weighted by Gasteiger charge is -2.08. The van der Waals surface area contributed by atoms with E-state index in [9.17, 15) is 0 Å². The summed E-state index contributed by atoms with van der Waals surface area (Å²) in [6, 6.07) is 15.5. The normalized spacial score (nSPS) is 11.1. The van der Waals surface area contributed by atoms with Gasteiger partial charge in [0, 0.05) is 16.6 Å². The number of nitrogens with one attached hydrogen (secondary N) is 2. The summed E-state index contributed by atoms with van der Waals surface area (Å²) in [5, 5.41) is 5.65. The van der Waals surface area contributed by atoms with E-state index in [-0.39, 0.29) is 5.95 Å². The molecule has 4 aromatic rings. The van der Waals surface area contributed by atoms with Crippen molar-refractivity contribution in [3.05, 3.63) is 53.6 Å². The summed E-state index contributed by atoms with van der Waals surface area (Å²) in [4.78, 5) is 11.8. The quantitative estimate of drug-likeness (QED) is 0.521. The standard InChI is InChI=1S/C16H12ClN5/c17-10-7-4-8-11-12(10)13-14(19-9-5-2-1-3-6-9)21-16(18)22-15(13)20-11/h1-8H,(H4,18,19,20,21,22). The van der Waals surface area contributed by atoms with Crippen LogP contribution >= 0.6 is 11.6 Å². The first-order chi connectivity index (χ1) is 10.7. The van der Waals surface area contributed by atoms with Crippen molar-refractivity contribution in [2.24, 2.45) is 0 Å². The number of hydrogen-bond donors (Lipinski definition) is 3. The van der Waals surface area contributed by atoms with Gasteiger partial charge in [0.1, 0.15) is 11.5 Å². The number of nitrogen functional groups attached to an aromatic ring is 1. The van der Waals surface area contributed by atoms with Crippen LogP contribution in [0.15, 0.2) is 48.5 Å². The number of nitrogens with zero attached hydrogens (tertiary/aromatic N) is 2. The predicted molar refractivity (Wildman–Crippen MR) is 90.5 cm³/mol. The number of rotatable bonds is 2. The molecule has 0 radical (unpaired) electrons. The summed E-state index contributed by atoms with van der Waals surface area (Å²) >= 11 is 6.36. The van der Waals surface area contributed by atoms with Crippen molar-refractivity contribution in [1.82, 2.24) is 15.0 Å². The van der Waals surface area contributed by atoms with E-state index in [0.29, 0.717) is 16.5 Å². The Kier molecular flexibility index (Phi) is 2.87. The van der Waals surface area contributed by atoms with Crippen LogP contribution in [0.25, 0.3) is 21.9 Å². The van der Waals surface area contributed by atoms with Gasteiger partial charge in [0.15, 0.2) is 0 Å². The van der Waals surface area contributed by atoms with E-state index < -0.39 is 0 Å². The molecule has 0 aliphatic heterocycles. The van der Waals surface area contributed by atoms with E-state index in [1.54, 1.807) is 0 Å². The van der Waals surface area contributed by atoms with Gasteiger partial charge in [-0.25, -0.2) is 0 Å². The summed E-state index contributed by atoms with van der Waals surface area (Å²) in [5.41, 5.74) is 8.31. The van der Waals surface area contributed by atoms with Gasteiger partial charge in [-0.15, -0.1) is 0 Å². The van der Waals surface area contributed by atoms with Gasteiger partial charge in [-0.1, -0.05) is 35.9 Å². The first-order valence-corrected chi connectivity index (χ1v) is 7.15. The number of aromatic amines is 1. The molecule has 2 aromatic heterocycles. The summed E-state index contributed by atoms with van der Waals surface area (Å²) < 4.78 is 0. The Bertz CT molecular complexity index is 978. The van der Waals surface area contributed by atoms with Gasteiger partial charge in [0.25, 0.3) is 0 Å². The third kappa shape index (κ3) is 2.03. The smallest absolute Gasteiger partial charge is 0.224 e. The van der Waals surface area contributed by atoms with Crippen molar-refractivity contribution in [2.45, 2.75) is 0 Å². The van der Waals surface area contributed by atoms with Crippen LogP contribution in [-0.4, -0.2) is 15.0 Å². The van der Waals surface area contributed by atoms with Crippen LogP contribution in [0.4, 0.5) is 17.5 Å². The lowest BCUT2D eigenvalue weighted by molar-refractivity contribution is 1.22. The maximum atomic E-state index is 6.36.